The van der Waals surface area contributed by atoms with Gasteiger partial charge in [-0.15, -0.1) is 5.10 Å². The molecule has 0 radical (unpaired) electrons. The second-order valence-corrected chi connectivity index (χ2v) is 6.67. The number of rotatable bonds is 5. The minimum Gasteiger partial charge on any atom is -0.461 e. The summed E-state index contributed by atoms with van der Waals surface area (Å²) in [5.41, 5.74) is 2.40. The highest BCUT2D eigenvalue weighted by atomic mass is 35.5. The molecule has 0 aliphatic rings. The molecule has 0 bridgehead atoms. The molecule has 0 aliphatic heterocycles. The second-order valence-electron chi connectivity index (χ2n) is 6.27. The van der Waals surface area contributed by atoms with Crippen molar-refractivity contribution in [2.75, 3.05) is 5.32 Å². The Labute approximate surface area is 166 Å². The molecule has 1 N–H and O–H groups in total. The smallest absolute Gasteiger partial charge is 0.281 e. The van der Waals surface area contributed by atoms with Crippen LogP contribution in [0.4, 0.5) is 5.95 Å². The highest BCUT2D eigenvalue weighted by Gasteiger charge is 2.20. The van der Waals surface area contributed by atoms with E-state index in [4.69, 9.17) is 16.0 Å². The predicted molar refractivity (Wildman–Crippen MR) is 107 cm³/mol. The van der Waals surface area contributed by atoms with E-state index in [0.29, 0.717) is 34.7 Å². The fourth-order valence-electron chi connectivity index (χ4n) is 2.79. The summed E-state index contributed by atoms with van der Waals surface area (Å²) >= 11 is 6.23. The number of nitrogens with zero attached hydrogens (tertiary/aromatic N) is 3. The van der Waals surface area contributed by atoms with E-state index in [1.807, 2.05) is 49.4 Å². The van der Waals surface area contributed by atoms with Crippen molar-refractivity contribution >= 4 is 23.5 Å². The van der Waals surface area contributed by atoms with Crippen molar-refractivity contribution in [1.29, 1.82) is 0 Å². The third-order valence-electron chi connectivity index (χ3n) is 4.20. The van der Waals surface area contributed by atoms with Gasteiger partial charge in [-0.05, 0) is 42.8 Å². The van der Waals surface area contributed by atoms with Gasteiger partial charge in [0.25, 0.3) is 5.91 Å². The molecular formula is C21H17ClN4O2. The Morgan fingerprint density at radius 3 is 2.75 bits per heavy atom. The van der Waals surface area contributed by atoms with E-state index in [9.17, 15) is 4.79 Å². The summed E-state index contributed by atoms with van der Waals surface area (Å²) in [6, 6.07) is 18.3. The summed E-state index contributed by atoms with van der Waals surface area (Å²) in [7, 11) is 0. The summed E-state index contributed by atoms with van der Waals surface area (Å²) in [6.45, 7) is 2.33. The van der Waals surface area contributed by atoms with Crippen LogP contribution in [0.5, 0.6) is 0 Å². The van der Waals surface area contributed by atoms with E-state index in [1.165, 1.54) is 10.9 Å². The topological polar surface area (TPSA) is 73.0 Å². The molecule has 7 heteroatoms. The monoisotopic (exact) mass is 392 g/mol. The molecule has 2 aromatic carbocycles. The molecule has 0 unspecified atom stereocenters. The first-order valence-corrected chi connectivity index (χ1v) is 9.09. The van der Waals surface area contributed by atoms with Gasteiger partial charge < -0.3 is 9.73 Å². The first-order chi connectivity index (χ1) is 13.6. The van der Waals surface area contributed by atoms with E-state index >= 15 is 0 Å². The van der Waals surface area contributed by atoms with E-state index in [0.717, 1.165) is 11.1 Å². The Kier molecular flexibility index (Phi) is 4.95. The maximum atomic E-state index is 13.0. The number of anilines is 1. The summed E-state index contributed by atoms with van der Waals surface area (Å²) in [6.07, 6.45) is 1.54. The minimum atomic E-state index is -0.282. The van der Waals surface area contributed by atoms with E-state index in [-0.39, 0.29) is 5.91 Å². The Morgan fingerprint density at radius 2 is 2.00 bits per heavy atom. The summed E-state index contributed by atoms with van der Waals surface area (Å²) in [4.78, 5) is 17.5. The molecule has 0 amide bonds. The highest BCUT2D eigenvalue weighted by Crippen LogP contribution is 2.21. The molecule has 6 nitrogen and oxygen atoms in total. The Balaban J connectivity index is 1.69. The molecule has 2 heterocycles. The minimum absolute atomic E-state index is 0.282. The van der Waals surface area contributed by atoms with Gasteiger partial charge in [0.15, 0.2) is 5.76 Å². The molecule has 140 valence electrons. The van der Waals surface area contributed by atoms with Gasteiger partial charge in [0, 0.05) is 17.1 Å². The molecule has 2 aromatic heterocycles. The lowest BCUT2D eigenvalue weighted by molar-refractivity contribution is 0.0947. The average Bonchev–Trinajstić information content (AvgIpc) is 3.36. The summed E-state index contributed by atoms with van der Waals surface area (Å²) < 4.78 is 6.63. The molecule has 4 aromatic rings. The van der Waals surface area contributed by atoms with Crippen LogP contribution >= 0.6 is 11.6 Å². The van der Waals surface area contributed by atoms with Crippen molar-refractivity contribution in [3.63, 3.8) is 0 Å². The normalized spacial score (nSPS) is 10.8. The molecule has 4 rings (SSSR count). The van der Waals surface area contributed by atoms with Gasteiger partial charge in [0.1, 0.15) is 0 Å². The molecule has 0 atom stereocenters. The fraction of sp³-hybridized carbons (Fsp3) is 0.0952. The van der Waals surface area contributed by atoms with Gasteiger partial charge in [-0.25, -0.2) is 0 Å². The second kappa shape index (κ2) is 7.70. The molecule has 28 heavy (non-hydrogen) atoms. The van der Waals surface area contributed by atoms with Crippen molar-refractivity contribution in [3.05, 3.63) is 88.6 Å². The van der Waals surface area contributed by atoms with Crippen LogP contribution in [0, 0.1) is 6.92 Å². The predicted octanol–water partition coefficient (Wildman–Crippen LogP) is 4.80. The van der Waals surface area contributed by atoms with Gasteiger partial charge in [-0.2, -0.15) is 9.67 Å². The molecule has 0 saturated carbocycles. The lowest BCUT2D eigenvalue weighted by Gasteiger charge is -2.08. The average molecular weight is 393 g/mol. The quantitative estimate of drug-likeness (QED) is 0.528. The standard InChI is InChI=1S/C21H17ClN4O2/c1-14-6-4-8-15(12-14)20(27)26-21(23-13-16-7-2-3-9-17(16)22)24-19(25-26)18-10-5-11-28-18/h2-12H,13H2,1H3,(H,23,24,25). The maximum Gasteiger partial charge on any atom is 0.281 e. The number of nitrogens with one attached hydrogen (secondary N) is 1. The number of aromatic nitrogens is 3. The molecular weight excluding hydrogens is 376 g/mol. The largest absolute Gasteiger partial charge is 0.461 e. The van der Waals surface area contributed by atoms with Crippen LogP contribution in [0.2, 0.25) is 5.02 Å². The lowest BCUT2D eigenvalue weighted by atomic mass is 10.1. The first kappa shape index (κ1) is 18.0. The van der Waals surface area contributed by atoms with Crippen LogP contribution in [0.1, 0.15) is 21.5 Å². The van der Waals surface area contributed by atoms with Gasteiger partial charge >= 0.3 is 0 Å². The number of halogens is 1. The van der Waals surface area contributed by atoms with Crippen LogP contribution in [-0.2, 0) is 6.54 Å². The Morgan fingerprint density at radius 1 is 1.14 bits per heavy atom. The van der Waals surface area contributed by atoms with Crippen molar-refractivity contribution in [1.82, 2.24) is 14.8 Å². The fourth-order valence-corrected chi connectivity index (χ4v) is 3.00. The number of benzene rings is 2. The summed E-state index contributed by atoms with van der Waals surface area (Å²) in [5, 5.41) is 8.16. The van der Waals surface area contributed by atoms with Crippen LogP contribution in [0.15, 0.2) is 71.3 Å². The highest BCUT2D eigenvalue weighted by molar-refractivity contribution is 6.31. The molecule has 0 aliphatic carbocycles. The van der Waals surface area contributed by atoms with Crippen molar-refractivity contribution in [2.24, 2.45) is 0 Å². The molecule has 0 saturated heterocycles. The van der Waals surface area contributed by atoms with Crippen LogP contribution in [0.3, 0.4) is 0 Å². The zero-order valence-electron chi connectivity index (χ0n) is 15.1. The zero-order valence-corrected chi connectivity index (χ0v) is 15.8. The van der Waals surface area contributed by atoms with Gasteiger partial charge in [0.2, 0.25) is 11.8 Å². The van der Waals surface area contributed by atoms with Gasteiger partial charge in [-0.3, -0.25) is 4.79 Å². The summed E-state index contributed by atoms with van der Waals surface area (Å²) in [5.74, 6) is 0.845. The number of carbonyl (C=O) groups excluding carboxylic acids is 1. The van der Waals surface area contributed by atoms with Crippen molar-refractivity contribution in [2.45, 2.75) is 13.5 Å². The third-order valence-corrected chi connectivity index (χ3v) is 4.57. The lowest BCUT2D eigenvalue weighted by Crippen LogP contribution is -2.17. The van der Waals surface area contributed by atoms with Gasteiger partial charge in [0.05, 0.1) is 6.26 Å². The van der Waals surface area contributed by atoms with Crippen LogP contribution in [-0.4, -0.2) is 20.7 Å². The zero-order chi connectivity index (χ0) is 19.5. The van der Waals surface area contributed by atoms with Crippen LogP contribution < -0.4 is 5.32 Å². The van der Waals surface area contributed by atoms with Gasteiger partial charge in [-0.1, -0.05) is 47.5 Å². The van der Waals surface area contributed by atoms with Crippen LogP contribution in [0.25, 0.3) is 11.6 Å². The first-order valence-electron chi connectivity index (χ1n) is 8.71. The SMILES string of the molecule is Cc1cccc(C(=O)n2nc(-c3ccco3)nc2NCc2ccccc2Cl)c1. The number of hydrogen-bond acceptors (Lipinski definition) is 5. The van der Waals surface area contributed by atoms with E-state index < -0.39 is 0 Å². The van der Waals surface area contributed by atoms with E-state index in [1.54, 1.807) is 18.2 Å². The van der Waals surface area contributed by atoms with Crippen molar-refractivity contribution in [3.8, 4) is 11.6 Å². The molecule has 0 fully saturated rings. The maximum absolute atomic E-state index is 13.0. The van der Waals surface area contributed by atoms with Crippen molar-refractivity contribution < 1.29 is 9.21 Å². The van der Waals surface area contributed by atoms with E-state index in [2.05, 4.69) is 15.4 Å². The third kappa shape index (κ3) is 3.68. The number of furan rings is 1. The molecule has 0 spiro atoms. The number of hydrogen-bond donors (Lipinski definition) is 1. The number of carbonyl (C=O) groups is 1. The Hall–Kier alpha value is -3.38. The number of aryl methyl sites for hydroxylation is 1. The Bertz CT molecular complexity index is 1120.